The number of hydrogen-bond donors (Lipinski definition) is 0. The average Bonchev–Trinajstić information content (AvgIpc) is 2.99. The van der Waals surface area contributed by atoms with Crippen molar-refractivity contribution in [3.8, 4) is 5.75 Å². The number of esters is 2. The number of carbonyl (C=O) groups is 2. The zero-order valence-electron chi connectivity index (χ0n) is 20.0. The van der Waals surface area contributed by atoms with Gasteiger partial charge in [-0.2, -0.15) is 0 Å². The first kappa shape index (κ1) is 24.7. The molecule has 1 saturated heterocycles. The normalized spacial score (nSPS) is 16.4. The van der Waals surface area contributed by atoms with Crippen LogP contribution in [0.3, 0.4) is 0 Å². The van der Waals surface area contributed by atoms with E-state index in [1.165, 1.54) is 12.1 Å². The van der Waals surface area contributed by atoms with Crippen molar-refractivity contribution in [1.29, 1.82) is 0 Å². The highest BCUT2D eigenvalue weighted by Gasteiger charge is 2.51. The van der Waals surface area contributed by atoms with Crippen LogP contribution in [-0.4, -0.2) is 48.5 Å². The minimum absolute atomic E-state index is 0.0199. The van der Waals surface area contributed by atoms with E-state index in [1.54, 1.807) is 13.8 Å². The minimum atomic E-state index is -0.639. The van der Waals surface area contributed by atoms with Gasteiger partial charge in [0, 0.05) is 12.1 Å². The van der Waals surface area contributed by atoms with Crippen LogP contribution >= 0.6 is 0 Å². The Bertz CT molecular complexity index is 952. The predicted octanol–water partition coefficient (Wildman–Crippen LogP) is 3.31. The molecular formula is C24H30BNO7. The molecule has 0 N–H and O–H groups in total. The summed E-state index contributed by atoms with van der Waals surface area (Å²) in [4.78, 5) is 28.3. The summed E-state index contributed by atoms with van der Waals surface area (Å²) in [5.41, 5.74) is 0.947. The van der Waals surface area contributed by atoms with E-state index in [0.29, 0.717) is 5.75 Å². The molecule has 0 atom stereocenters. The van der Waals surface area contributed by atoms with Crippen molar-refractivity contribution in [2.75, 3.05) is 13.2 Å². The lowest BCUT2D eigenvalue weighted by Crippen LogP contribution is -2.41. The number of aromatic nitrogens is 1. The van der Waals surface area contributed by atoms with Crippen molar-refractivity contribution in [1.82, 2.24) is 4.98 Å². The van der Waals surface area contributed by atoms with Crippen LogP contribution in [0.1, 0.15) is 68.1 Å². The Balaban J connectivity index is 1.72. The summed E-state index contributed by atoms with van der Waals surface area (Å²) in [5, 5.41) is 0. The third-order valence-corrected chi connectivity index (χ3v) is 5.68. The van der Waals surface area contributed by atoms with Crippen molar-refractivity contribution in [3.05, 3.63) is 53.3 Å². The molecule has 0 saturated carbocycles. The lowest BCUT2D eigenvalue weighted by molar-refractivity contribution is 0.00578. The van der Waals surface area contributed by atoms with Gasteiger partial charge in [0.1, 0.15) is 12.4 Å². The van der Waals surface area contributed by atoms with E-state index in [0.717, 1.165) is 11.0 Å². The van der Waals surface area contributed by atoms with Gasteiger partial charge >= 0.3 is 19.1 Å². The van der Waals surface area contributed by atoms with Gasteiger partial charge in [-0.15, -0.1) is 0 Å². The Morgan fingerprint density at radius 1 is 0.879 bits per heavy atom. The Hall–Kier alpha value is -2.91. The zero-order valence-corrected chi connectivity index (χ0v) is 20.0. The molecule has 8 nitrogen and oxygen atoms in total. The molecule has 9 heteroatoms. The number of ether oxygens (including phenoxy) is 3. The quantitative estimate of drug-likeness (QED) is 0.442. The van der Waals surface area contributed by atoms with Gasteiger partial charge in [-0.25, -0.2) is 14.6 Å². The Morgan fingerprint density at radius 3 is 1.82 bits per heavy atom. The van der Waals surface area contributed by atoms with Crippen LogP contribution in [0.15, 0.2) is 36.4 Å². The molecule has 1 aromatic carbocycles. The fraction of sp³-hybridized carbons (Fsp3) is 0.458. The summed E-state index contributed by atoms with van der Waals surface area (Å²) in [6, 6.07) is 10.6. The highest BCUT2D eigenvalue weighted by Crippen LogP contribution is 2.36. The fourth-order valence-electron chi connectivity index (χ4n) is 3.12. The molecule has 2 heterocycles. The molecule has 33 heavy (non-hydrogen) atoms. The first-order valence-electron chi connectivity index (χ1n) is 11.0. The Morgan fingerprint density at radius 2 is 1.36 bits per heavy atom. The predicted molar refractivity (Wildman–Crippen MR) is 123 cm³/mol. The maximum Gasteiger partial charge on any atom is 0.494 e. The molecule has 0 aliphatic carbocycles. The van der Waals surface area contributed by atoms with E-state index in [4.69, 9.17) is 23.5 Å². The van der Waals surface area contributed by atoms with Crippen LogP contribution in [0, 0.1) is 0 Å². The number of nitrogens with zero attached hydrogens (tertiary/aromatic N) is 1. The third-order valence-electron chi connectivity index (χ3n) is 5.68. The maximum absolute atomic E-state index is 12.1. The lowest BCUT2D eigenvalue weighted by Gasteiger charge is -2.32. The first-order chi connectivity index (χ1) is 15.6. The third kappa shape index (κ3) is 5.72. The van der Waals surface area contributed by atoms with E-state index in [9.17, 15) is 9.59 Å². The van der Waals surface area contributed by atoms with Crippen LogP contribution in [0.25, 0.3) is 0 Å². The largest absolute Gasteiger partial charge is 0.494 e. The topological polar surface area (TPSA) is 93.2 Å². The smallest absolute Gasteiger partial charge is 0.489 e. The van der Waals surface area contributed by atoms with Gasteiger partial charge in [0.15, 0.2) is 11.4 Å². The molecule has 0 spiro atoms. The highest BCUT2D eigenvalue weighted by atomic mass is 16.7. The number of rotatable bonds is 8. The summed E-state index contributed by atoms with van der Waals surface area (Å²) in [5.74, 6) is -0.966. The van der Waals surface area contributed by atoms with E-state index < -0.39 is 30.3 Å². The monoisotopic (exact) mass is 455 g/mol. The summed E-state index contributed by atoms with van der Waals surface area (Å²) in [6.45, 7) is 12.0. The minimum Gasteiger partial charge on any atom is -0.489 e. The molecule has 0 bridgehead atoms. The van der Waals surface area contributed by atoms with Crippen molar-refractivity contribution in [2.24, 2.45) is 0 Å². The van der Waals surface area contributed by atoms with Gasteiger partial charge in [-0.1, -0.05) is 24.3 Å². The van der Waals surface area contributed by atoms with Crippen molar-refractivity contribution < 1.29 is 33.1 Å². The van der Waals surface area contributed by atoms with Gasteiger partial charge < -0.3 is 23.5 Å². The first-order valence-corrected chi connectivity index (χ1v) is 11.0. The average molecular weight is 455 g/mol. The fourth-order valence-corrected chi connectivity index (χ4v) is 3.12. The standard InChI is InChI=1S/C24H30BNO7/c1-7-29-21(27)19-13-18(14-20(26-19)22(28)30-8-2)31-15-16-9-11-17(12-10-16)25-32-23(3,4)24(5,6)33-25/h9-14H,7-8,15H2,1-6H3. The Kier molecular flexibility index (Phi) is 7.44. The van der Waals surface area contributed by atoms with Crippen LogP contribution < -0.4 is 10.2 Å². The summed E-state index contributed by atoms with van der Waals surface area (Å²) in [7, 11) is -0.440. The van der Waals surface area contributed by atoms with Gasteiger partial charge in [0.2, 0.25) is 0 Å². The lowest BCUT2D eigenvalue weighted by atomic mass is 9.79. The van der Waals surface area contributed by atoms with Crippen molar-refractivity contribution >= 4 is 24.5 Å². The maximum atomic E-state index is 12.1. The van der Waals surface area contributed by atoms with Crippen molar-refractivity contribution in [3.63, 3.8) is 0 Å². The molecular weight excluding hydrogens is 425 g/mol. The zero-order chi connectivity index (χ0) is 24.2. The molecule has 0 unspecified atom stereocenters. The van der Waals surface area contributed by atoms with Crippen LogP contribution in [-0.2, 0) is 25.4 Å². The highest BCUT2D eigenvalue weighted by molar-refractivity contribution is 6.62. The molecule has 1 aromatic heterocycles. The second kappa shape index (κ2) is 9.93. The van der Waals surface area contributed by atoms with Crippen LogP contribution in [0.2, 0.25) is 0 Å². The van der Waals surface area contributed by atoms with Gasteiger partial charge in [0.05, 0.1) is 24.4 Å². The second-order valence-corrected chi connectivity index (χ2v) is 8.63. The van der Waals surface area contributed by atoms with Gasteiger partial charge in [0.25, 0.3) is 0 Å². The SMILES string of the molecule is CCOC(=O)c1cc(OCc2ccc(B3OC(C)(C)C(C)(C)O3)cc2)cc(C(=O)OCC)n1. The van der Waals surface area contributed by atoms with E-state index in [-0.39, 0.29) is 31.2 Å². The number of pyridine rings is 1. The number of hydrogen-bond acceptors (Lipinski definition) is 8. The molecule has 0 amide bonds. The molecule has 1 aliphatic heterocycles. The number of carbonyl (C=O) groups excluding carboxylic acids is 2. The van der Waals surface area contributed by atoms with Crippen molar-refractivity contribution in [2.45, 2.75) is 59.4 Å². The second-order valence-electron chi connectivity index (χ2n) is 8.63. The van der Waals surface area contributed by atoms with E-state index in [1.807, 2.05) is 52.0 Å². The molecule has 3 rings (SSSR count). The molecule has 2 aromatic rings. The molecule has 176 valence electrons. The van der Waals surface area contributed by atoms with Crippen LogP contribution in [0.4, 0.5) is 0 Å². The summed E-state index contributed by atoms with van der Waals surface area (Å²) >= 11 is 0. The number of benzene rings is 1. The summed E-state index contributed by atoms with van der Waals surface area (Å²) in [6.07, 6.45) is 0. The summed E-state index contributed by atoms with van der Waals surface area (Å²) < 4.78 is 28.0. The van der Waals surface area contributed by atoms with Gasteiger partial charge in [-0.3, -0.25) is 0 Å². The molecule has 1 aliphatic rings. The Labute approximate surface area is 194 Å². The van der Waals surface area contributed by atoms with E-state index >= 15 is 0 Å². The van der Waals surface area contributed by atoms with Crippen LogP contribution in [0.5, 0.6) is 5.75 Å². The van der Waals surface area contributed by atoms with E-state index in [2.05, 4.69) is 4.98 Å². The van der Waals surface area contributed by atoms with Gasteiger partial charge in [-0.05, 0) is 52.6 Å². The molecule has 0 radical (unpaired) electrons. The molecule has 1 fully saturated rings.